The van der Waals surface area contributed by atoms with Gasteiger partial charge in [-0.1, -0.05) is 17.7 Å². The third-order valence-electron chi connectivity index (χ3n) is 1.70. The molecule has 0 radical (unpaired) electrons. The summed E-state index contributed by atoms with van der Waals surface area (Å²) in [4.78, 5) is 4.18. The highest BCUT2D eigenvalue weighted by molar-refractivity contribution is 6.30. The van der Waals surface area contributed by atoms with Crippen molar-refractivity contribution in [2.45, 2.75) is 6.17 Å². The topological polar surface area (TPSA) is 24.4 Å². The molecule has 1 N–H and O–H groups in total. The van der Waals surface area contributed by atoms with Gasteiger partial charge in [0.25, 0.3) is 0 Å². The zero-order valence-corrected chi connectivity index (χ0v) is 6.05. The quantitative estimate of drug-likeness (QED) is 0.558. The maximum atomic E-state index is 5.86. The van der Waals surface area contributed by atoms with E-state index in [1.54, 1.807) is 6.21 Å². The van der Waals surface area contributed by atoms with E-state index in [4.69, 9.17) is 11.6 Å². The molecule has 2 aliphatic rings. The van der Waals surface area contributed by atoms with Crippen LogP contribution >= 0.6 is 11.6 Å². The Hall–Kier alpha value is -0.760. The molecule has 2 heterocycles. The van der Waals surface area contributed by atoms with E-state index in [2.05, 4.69) is 16.4 Å². The minimum absolute atomic E-state index is 0.150. The van der Waals surface area contributed by atoms with Gasteiger partial charge in [0.2, 0.25) is 0 Å². The molecule has 2 rings (SSSR count). The zero-order valence-electron chi connectivity index (χ0n) is 5.29. The lowest BCUT2D eigenvalue weighted by atomic mass is 10.1. The standard InChI is InChI=1S/C7H7ClN2/c8-6-4-10-7-5(6)2-1-3-9-7/h1-5,7,10H. The molecule has 0 spiro atoms. The fourth-order valence-corrected chi connectivity index (χ4v) is 1.42. The highest BCUT2D eigenvalue weighted by Crippen LogP contribution is 2.27. The summed E-state index contributed by atoms with van der Waals surface area (Å²) in [6, 6.07) is 0. The van der Waals surface area contributed by atoms with Crippen molar-refractivity contribution in [3.8, 4) is 0 Å². The number of hydrogen-bond donors (Lipinski definition) is 1. The Kier molecular flexibility index (Phi) is 1.27. The Morgan fingerprint density at radius 3 is 3.30 bits per heavy atom. The van der Waals surface area contributed by atoms with Crippen LogP contribution in [0, 0.1) is 5.92 Å². The van der Waals surface area contributed by atoms with Gasteiger partial charge in [0.1, 0.15) is 6.17 Å². The van der Waals surface area contributed by atoms with Gasteiger partial charge in [-0.2, -0.15) is 0 Å². The predicted molar refractivity (Wildman–Crippen MR) is 42.0 cm³/mol. The van der Waals surface area contributed by atoms with Crippen molar-refractivity contribution in [3.63, 3.8) is 0 Å². The highest BCUT2D eigenvalue weighted by Gasteiger charge is 2.26. The Bertz CT molecular complexity index is 230. The second kappa shape index (κ2) is 2.13. The van der Waals surface area contributed by atoms with Crippen LogP contribution in [0.1, 0.15) is 0 Å². The predicted octanol–water partition coefficient (Wildman–Crippen LogP) is 1.25. The van der Waals surface area contributed by atoms with E-state index in [1.165, 1.54) is 0 Å². The van der Waals surface area contributed by atoms with Crippen molar-refractivity contribution >= 4 is 17.8 Å². The molecule has 2 atom stereocenters. The number of allylic oxidation sites excluding steroid dienone is 1. The second-order valence-electron chi connectivity index (χ2n) is 2.35. The first-order valence-electron chi connectivity index (χ1n) is 3.19. The number of aliphatic imine (C=N–C) groups is 1. The second-order valence-corrected chi connectivity index (χ2v) is 2.79. The van der Waals surface area contributed by atoms with Gasteiger partial charge in [0.15, 0.2) is 0 Å². The molecule has 3 heteroatoms. The summed E-state index contributed by atoms with van der Waals surface area (Å²) in [5, 5.41) is 3.91. The van der Waals surface area contributed by atoms with Gasteiger partial charge in [0, 0.05) is 17.4 Å². The van der Waals surface area contributed by atoms with Gasteiger partial charge < -0.3 is 5.32 Å². The van der Waals surface area contributed by atoms with Crippen molar-refractivity contribution in [2.24, 2.45) is 10.9 Å². The van der Waals surface area contributed by atoms with Crippen LogP contribution in [-0.4, -0.2) is 12.4 Å². The lowest BCUT2D eigenvalue weighted by Gasteiger charge is -2.14. The summed E-state index contributed by atoms with van der Waals surface area (Å²) >= 11 is 5.86. The van der Waals surface area contributed by atoms with Crippen LogP contribution in [0.3, 0.4) is 0 Å². The fraction of sp³-hybridized carbons (Fsp3) is 0.286. The van der Waals surface area contributed by atoms with Crippen LogP contribution in [0.15, 0.2) is 28.4 Å². The number of rotatable bonds is 0. The van der Waals surface area contributed by atoms with Crippen molar-refractivity contribution in [1.82, 2.24) is 5.32 Å². The molecule has 0 fully saturated rings. The van der Waals surface area contributed by atoms with Crippen LogP contribution in [0.2, 0.25) is 0 Å². The molecule has 0 aromatic heterocycles. The van der Waals surface area contributed by atoms with E-state index in [0.29, 0.717) is 0 Å². The molecule has 0 aromatic carbocycles. The molecule has 2 nitrogen and oxygen atoms in total. The van der Waals surface area contributed by atoms with Gasteiger partial charge in [-0.25, -0.2) is 0 Å². The number of hydrogen-bond acceptors (Lipinski definition) is 2. The normalized spacial score (nSPS) is 35.1. The molecule has 0 aromatic rings. The number of fused-ring (bicyclic) bond motifs is 1. The number of halogens is 1. The molecule has 10 heavy (non-hydrogen) atoms. The third-order valence-corrected chi connectivity index (χ3v) is 2.06. The molecule has 0 saturated heterocycles. The Morgan fingerprint density at radius 2 is 2.50 bits per heavy atom. The smallest absolute Gasteiger partial charge is 0.129 e. The van der Waals surface area contributed by atoms with Crippen LogP contribution in [0.4, 0.5) is 0 Å². The summed E-state index contributed by atoms with van der Waals surface area (Å²) in [7, 11) is 0. The first kappa shape index (κ1) is 5.98. The molecule has 0 amide bonds. The van der Waals surface area contributed by atoms with Gasteiger partial charge in [-0.15, -0.1) is 0 Å². The van der Waals surface area contributed by atoms with Gasteiger partial charge >= 0.3 is 0 Å². The van der Waals surface area contributed by atoms with Crippen LogP contribution in [0.5, 0.6) is 0 Å². The van der Waals surface area contributed by atoms with Gasteiger partial charge in [-0.3, -0.25) is 4.99 Å². The average Bonchev–Trinajstić information content (AvgIpc) is 2.34. The number of dihydropyridines is 1. The molecular formula is C7H7ClN2. The molecule has 2 aliphatic heterocycles. The monoisotopic (exact) mass is 154 g/mol. The van der Waals surface area contributed by atoms with Crippen LogP contribution in [0.25, 0.3) is 0 Å². The summed E-state index contributed by atoms with van der Waals surface area (Å²) in [5.41, 5.74) is 0. The minimum atomic E-state index is 0.150. The summed E-state index contributed by atoms with van der Waals surface area (Å²) in [6.07, 6.45) is 7.72. The first-order chi connectivity index (χ1) is 4.88. The summed E-state index contributed by atoms with van der Waals surface area (Å²) in [5.74, 6) is 0.270. The summed E-state index contributed by atoms with van der Waals surface area (Å²) in [6.45, 7) is 0. The van der Waals surface area contributed by atoms with E-state index < -0.39 is 0 Å². The van der Waals surface area contributed by atoms with E-state index in [1.807, 2.05) is 12.3 Å². The van der Waals surface area contributed by atoms with E-state index >= 15 is 0 Å². The Labute approximate surface area is 64.3 Å². The van der Waals surface area contributed by atoms with Crippen molar-refractivity contribution in [3.05, 3.63) is 23.4 Å². The molecule has 0 bridgehead atoms. The third kappa shape index (κ3) is 0.762. The lowest BCUT2D eigenvalue weighted by Crippen LogP contribution is -2.25. The Morgan fingerprint density at radius 1 is 1.60 bits per heavy atom. The number of nitrogens with zero attached hydrogens (tertiary/aromatic N) is 1. The van der Waals surface area contributed by atoms with Gasteiger partial charge in [-0.05, 0) is 6.08 Å². The summed E-state index contributed by atoms with van der Waals surface area (Å²) < 4.78 is 0. The van der Waals surface area contributed by atoms with Gasteiger partial charge in [0.05, 0.1) is 5.92 Å². The lowest BCUT2D eigenvalue weighted by molar-refractivity contribution is 0.568. The molecule has 0 saturated carbocycles. The van der Waals surface area contributed by atoms with E-state index in [9.17, 15) is 0 Å². The number of nitrogens with one attached hydrogen (secondary N) is 1. The zero-order chi connectivity index (χ0) is 6.97. The Balaban J connectivity index is 2.27. The van der Waals surface area contributed by atoms with Crippen molar-refractivity contribution in [2.75, 3.05) is 0 Å². The fourth-order valence-electron chi connectivity index (χ4n) is 1.16. The minimum Gasteiger partial charge on any atom is -0.368 e. The maximum absolute atomic E-state index is 5.86. The largest absolute Gasteiger partial charge is 0.368 e. The maximum Gasteiger partial charge on any atom is 0.129 e. The molecule has 2 unspecified atom stereocenters. The van der Waals surface area contributed by atoms with Crippen molar-refractivity contribution < 1.29 is 0 Å². The average molecular weight is 155 g/mol. The van der Waals surface area contributed by atoms with Crippen molar-refractivity contribution in [1.29, 1.82) is 0 Å². The highest BCUT2D eigenvalue weighted by atomic mass is 35.5. The van der Waals surface area contributed by atoms with E-state index in [-0.39, 0.29) is 12.1 Å². The molecular weight excluding hydrogens is 148 g/mol. The van der Waals surface area contributed by atoms with E-state index in [0.717, 1.165) is 5.03 Å². The SMILES string of the molecule is ClC1=CNC2N=CC=CC12. The molecule has 52 valence electrons. The first-order valence-corrected chi connectivity index (χ1v) is 3.57. The van der Waals surface area contributed by atoms with Crippen LogP contribution < -0.4 is 5.32 Å². The molecule has 0 aliphatic carbocycles. The van der Waals surface area contributed by atoms with Crippen LogP contribution in [-0.2, 0) is 0 Å².